The highest BCUT2D eigenvalue weighted by molar-refractivity contribution is 7.89. The fourth-order valence-electron chi connectivity index (χ4n) is 2.11. The Balaban J connectivity index is 2.12. The number of nitrogens with one attached hydrogen (secondary N) is 2. The molecule has 0 aliphatic carbocycles. The first-order valence-corrected chi connectivity index (χ1v) is 9.70. The monoisotopic (exact) mass is 418 g/mol. The number of sulfonamides is 1. The van der Waals surface area contributed by atoms with Crippen LogP contribution in [0.15, 0.2) is 41.3 Å². The molecule has 6 nitrogen and oxygen atoms in total. The predicted octanol–water partition coefficient (Wildman–Crippen LogP) is 3.32. The topological polar surface area (TPSA) is 84.5 Å². The molecule has 0 saturated heterocycles. The molecule has 0 saturated carbocycles. The van der Waals surface area contributed by atoms with Crippen molar-refractivity contribution in [3.8, 4) is 5.75 Å². The molecule has 0 aliphatic rings. The van der Waals surface area contributed by atoms with Gasteiger partial charge in [-0.25, -0.2) is 17.2 Å². The average molecular weight is 419 g/mol. The van der Waals surface area contributed by atoms with Crippen molar-refractivity contribution in [2.24, 2.45) is 0 Å². The van der Waals surface area contributed by atoms with Crippen molar-refractivity contribution in [3.63, 3.8) is 0 Å². The molecule has 27 heavy (non-hydrogen) atoms. The van der Waals surface area contributed by atoms with Crippen molar-refractivity contribution in [1.82, 2.24) is 4.72 Å². The Bertz CT molecular complexity index is 954. The number of halogens is 3. The standard InChI is InChI=1S/C17H17ClF2N2O4S/c1-3-26-16-7-5-12(9-13(16)18)27(24,25)22-10(2)17(23)21-15-6-4-11(19)8-14(15)20/h4-10,22H,3H2,1-2H3,(H,21,23)/t10-/m0/s1. The number of amides is 1. The number of carbonyl (C=O) groups is 1. The van der Waals surface area contributed by atoms with Gasteiger partial charge < -0.3 is 10.1 Å². The molecule has 2 aromatic carbocycles. The van der Waals surface area contributed by atoms with Crippen molar-refractivity contribution < 1.29 is 26.7 Å². The summed E-state index contributed by atoms with van der Waals surface area (Å²) in [6.07, 6.45) is 0. The van der Waals surface area contributed by atoms with E-state index in [-0.39, 0.29) is 15.6 Å². The fraction of sp³-hybridized carbons (Fsp3) is 0.235. The van der Waals surface area contributed by atoms with Gasteiger partial charge in [0.2, 0.25) is 15.9 Å². The SMILES string of the molecule is CCOc1ccc(S(=O)(=O)N[C@@H](C)C(=O)Nc2ccc(F)cc2F)cc1Cl. The molecule has 10 heteroatoms. The zero-order chi connectivity index (χ0) is 20.2. The maximum Gasteiger partial charge on any atom is 0.242 e. The normalized spacial score (nSPS) is 12.5. The fourth-order valence-corrected chi connectivity index (χ4v) is 3.64. The largest absolute Gasteiger partial charge is 0.492 e. The molecule has 0 aromatic heterocycles. The summed E-state index contributed by atoms with van der Waals surface area (Å²) in [5.74, 6) is -2.26. The molecule has 2 aromatic rings. The smallest absolute Gasteiger partial charge is 0.242 e. The first kappa shape index (κ1) is 21.1. The Morgan fingerprint density at radius 3 is 2.52 bits per heavy atom. The number of hydrogen-bond acceptors (Lipinski definition) is 4. The molecule has 1 amide bonds. The number of benzene rings is 2. The number of ether oxygens (including phenoxy) is 1. The molecule has 0 bridgehead atoms. The molecule has 0 aliphatic heterocycles. The minimum Gasteiger partial charge on any atom is -0.492 e. The van der Waals surface area contributed by atoms with E-state index in [1.165, 1.54) is 25.1 Å². The van der Waals surface area contributed by atoms with Gasteiger partial charge in [-0.05, 0) is 44.2 Å². The molecule has 0 heterocycles. The zero-order valence-corrected chi connectivity index (χ0v) is 16.0. The second kappa shape index (κ2) is 8.64. The van der Waals surface area contributed by atoms with Gasteiger partial charge in [0.15, 0.2) is 0 Å². The van der Waals surface area contributed by atoms with E-state index in [4.69, 9.17) is 16.3 Å². The maximum absolute atomic E-state index is 13.6. The third kappa shape index (κ3) is 5.38. The molecule has 146 valence electrons. The van der Waals surface area contributed by atoms with E-state index >= 15 is 0 Å². The highest BCUT2D eigenvalue weighted by Crippen LogP contribution is 2.27. The van der Waals surface area contributed by atoms with Gasteiger partial charge in [0, 0.05) is 6.07 Å². The van der Waals surface area contributed by atoms with Crippen LogP contribution >= 0.6 is 11.6 Å². The molecule has 0 fully saturated rings. The van der Waals surface area contributed by atoms with Crippen LogP contribution in [0.1, 0.15) is 13.8 Å². The Hall–Kier alpha value is -2.23. The van der Waals surface area contributed by atoms with Crippen molar-refractivity contribution in [2.45, 2.75) is 24.8 Å². The second-order valence-corrected chi connectivity index (χ2v) is 7.60. The van der Waals surface area contributed by atoms with Gasteiger partial charge in [-0.2, -0.15) is 4.72 Å². The van der Waals surface area contributed by atoms with Gasteiger partial charge in [0.25, 0.3) is 0 Å². The lowest BCUT2D eigenvalue weighted by molar-refractivity contribution is -0.117. The maximum atomic E-state index is 13.6. The Labute approximate surface area is 160 Å². The zero-order valence-electron chi connectivity index (χ0n) is 14.4. The highest BCUT2D eigenvalue weighted by atomic mass is 35.5. The molecule has 0 spiro atoms. The molecular formula is C17H17ClF2N2O4S. The number of hydrogen-bond donors (Lipinski definition) is 2. The van der Waals surface area contributed by atoms with Crippen LogP contribution in [-0.4, -0.2) is 27.0 Å². The summed E-state index contributed by atoms with van der Waals surface area (Å²) in [4.78, 5) is 12.0. The molecular weight excluding hydrogens is 402 g/mol. The summed E-state index contributed by atoms with van der Waals surface area (Å²) in [5.41, 5.74) is -0.267. The summed E-state index contributed by atoms with van der Waals surface area (Å²) >= 11 is 5.98. The van der Waals surface area contributed by atoms with Gasteiger partial charge in [-0.1, -0.05) is 11.6 Å². The van der Waals surface area contributed by atoms with Gasteiger partial charge in [-0.15, -0.1) is 0 Å². The summed E-state index contributed by atoms with van der Waals surface area (Å²) in [7, 11) is -4.07. The van der Waals surface area contributed by atoms with E-state index in [2.05, 4.69) is 10.0 Å². The van der Waals surface area contributed by atoms with E-state index < -0.39 is 33.6 Å². The Morgan fingerprint density at radius 1 is 1.22 bits per heavy atom. The highest BCUT2D eigenvalue weighted by Gasteiger charge is 2.23. The number of anilines is 1. The average Bonchev–Trinajstić information content (AvgIpc) is 2.58. The van der Waals surface area contributed by atoms with Gasteiger partial charge >= 0.3 is 0 Å². The van der Waals surface area contributed by atoms with Gasteiger partial charge in [-0.3, -0.25) is 4.79 Å². The Kier molecular flexibility index (Phi) is 6.74. The van der Waals surface area contributed by atoms with Crippen LogP contribution in [0.4, 0.5) is 14.5 Å². The third-order valence-electron chi connectivity index (χ3n) is 3.43. The van der Waals surface area contributed by atoms with Gasteiger partial charge in [0.1, 0.15) is 17.4 Å². The molecule has 2 N–H and O–H groups in total. The van der Waals surface area contributed by atoms with Crippen molar-refractivity contribution >= 4 is 33.2 Å². The van der Waals surface area contributed by atoms with E-state index in [9.17, 15) is 22.0 Å². The summed E-state index contributed by atoms with van der Waals surface area (Å²) in [5, 5.41) is 2.30. The first-order chi connectivity index (χ1) is 12.6. The van der Waals surface area contributed by atoms with Crippen LogP contribution in [0, 0.1) is 11.6 Å². The van der Waals surface area contributed by atoms with E-state index in [1.807, 2.05) is 0 Å². The van der Waals surface area contributed by atoms with E-state index in [0.717, 1.165) is 12.1 Å². The van der Waals surface area contributed by atoms with Crippen molar-refractivity contribution in [3.05, 3.63) is 53.1 Å². The number of rotatable bonds is 7. The number of carbonyl (C=O) groups excluding carboxylic acids is 1. The lowest BCUT2D eigenvalue weighted by Gasteiger charge is -2.15. The van der Waals surface area contributed by atoms with Crippen LogP contribution in [0.25, 0.3) is 0 Å². The van der Waals surface area contributed by atoms with Crippen LogP contribution in [0.5, 0.6) is 5.75 Å². The van der Waals surface area contributed by atoms with Crippen LogP contribution in [-0.2, 0) is 14.8 Å². The van der Waals surface area contributed by atoms with E-state index in [1.54, 1.807) is 6.92 Å². The van der Waals surface area contributed by atoms with Gasteiger partial charge in [0.05, 0.1) is 28.3 Å². The lowest BCUT2D eigenvalue weighted by atomic mass is 10.2. The van der Waals surface area contributed by atoms with Crippen molar-refractivity contribution in [1.29, 1.82) is 0 Å². The lowest BCUT2D eigenvalue weighted by Crippen LogP contribution is -2.41. The molecule has 0 radical (unpaired) electrons. The minimum absolute atomic E-state index is 0.102. The molecule has 2 rings (SSSR count). The van der Waals surface area contributed by atoms with Crippen LogP contribution in [0.2, 0.25) is 5.02 Å². The van der Waals surface area contributed by atoms with Crippen LogP contribution < -0.4 is 14.8 Å². The molecule has 0 unspecified atom stereocenters. The van der Waals surface area contributed by atoms with E-state index in [0.29, 0.717) is 18.4 Å². The summed E-state index contributed by atoms with van der Waals surface area (Å²) in [6, 6.07) is 5.25. The minimum atomic E-state index is -4.07. The quantitative estimate of drug-likeness (QED) is 0.722. The summed E-state index contributed by atoms with van der Waals surface area (Å²) in [6.45, 7) is 3.40. The Morgan fingerprint density at radius 2 is 1.93 bits per heavy atom. The second-order valence-electron chi connectivity index (χ2n) is 5.48. The summed E-state index contributed by atoms with van der Waals surface area (Å²) < 4.78 is 58.7. The third-order valence-corrected chi connectivity index (χ3v) is 5.26. The van der Waals surface area contributed by atoms with Crippen molar-refractivity contribution in [2.75, 3.05) is 11.9 Å². The molecule has 1 atom stereocenters. The van der Waals surface area contributed by atoms with Crippen LogP contribution in [0.3, 0.4) is 0 Å². The predicted molar refractivity (Wildman–Crippen MR) is 97.4 cm³/mol. The first-order valence-electron chi connectivity index (χ1n) is 7.84.